The van der Waals surface area contributed by atoms with E-state index >= 15 is 0 Å². The molecule has 0 radical (unpaired) electrons. The van der Waals surface area contributed by atoms with Crippen molar-refractivity contribution < 1.29 is 0 Å². The van der Waals surface area contributed by atoms with E-state index in [2.05, 4.69) is 11.2 Å². The van der Waals surface area contributed by atoms with Crippen LogP contribution in [0.15, 0.2) is 6.07 Å². The minimum atomic E-state index is 0.556. The first-order valence-electron chi connectivity index (χ1n) is 4.54. The molecule has 1 aliphatic carbocycles. The third-order valence-electron chi connectivity index (χ3n) is 2.70. The number of nitrogens with two attached hydrogens (primary N) is 1. The molecule has 0 bridgehead atoms. The number of aryl methyl sites for hydroxylation is 1. The Bertz CT molecular complexity index is 273. The molecule has 1 aromatic heterocycles. The normalized spacial score (nSPS) is 17.8. The van der Waals surface area contributed by atoms with Crippen LogP contribution >= 0.6 is 0 Å². The van der Waals surface area contributed by atoms with Crippen LogP contribution in [-0.4, -0.2) is 9.78 Å². The highest BCUT2D eigenvalue weighted by atomic mass is 15.3. The van der Waals surface area contributed by atoms with Gasteiger partial charge in [-0.1, -0.05) is 6.42 Å². The zero-order valence-corrected chi connectivity index (χ0v) is 7.45. The van der Waals surface area contributed by atoms with Gasteiger partial charge in [0.05, 0.1) is 5.69 Å². The molecule has 1 heterocycles. The van der Waals surface area contributed by atoms with Crippen LogP contribution in [0.2, 0.25) is 0 Å². The Morgan fingerprint density at radius 3 is 2.83 bits per heavy atom. The Hall–Kier alpha value is -0.830. The zero-order chi connectivity index (χ0) is 8.55. The topological polar surface area (TPSA) is 43.8 Å². The summed E-state index contributed by atoms with van der Waals surface area (Å²) in [5.41, 5.74) is 7.89. The molecule has 2 rings (SSSR count). The Kier molecular flexibility index (Phi) is 1.89. The van der Waals surface area contributed by atoms with E-state index < -0.39 is 0 Å². The van der Waals surface area contributed by atoms with Crippen molar-refractivity contribution in [2.24, 2.45) is 12.8 Å². The molecule has 2 N–H and O–H groups in total. The first kappa shape index (κ1) is 7.80. The third-order valence-corrected chi connectivity index (χ3v) is 2.70. The molecule has 0 spiro atoms. The van der Waals surface area contributed by atoms with Gasteiger partial charge in [0.25, 0.3) is 0 Å². The Morgan fingerprint density at radius 1 is 1.67 bits per heavy atom. The molecule has 0 aliphatic heterocycles. The second kappa shape index (κ2) is 2.90. The largest absolute Gasteiger partial charge is 0.325 e. The molecule has 3 heteroatoms. The van der Waals surface area contributed by atoms with Gasteiger partial charge in [-0.25, -0.2) is 0 Å². The first-order chi connectivity index (χ1) is 5.81. The second-order valence-corrected chi connectivity index (χ2v) is 3.52. The summed E-state index contributed by atoms with van der Waals surface area (Å²) in [5.74, 6) is 0.753. The van der Waals surface area contributed by atoms with Crippen LogP contribution < -0.4 is 5.73 Å². The van der Waals surface area contributed by atoms with Crippen LogP contribution in [-0.2, 0) is 13.6 Å². The van der Waals surface area contributed by atoms with Gasteiger partial charge in [0.15, 0.2) is 0 Å². The van der Waals surface area contributed by atoms with Crippen molar-refractivity contribution in [1.82, 2.24) is 9.78 Å². The molecule has 12 heavy (non-hydrogen) atoms. The van der Waals surface area contributed by atoms with Crippen LogP contribution in [0.25, 0.3) is 0 Å². The molecule has 1 saturated carbocycles. The number of rotatable bonds is 2. The standard InChI is InChI=1S/C9H15N3/c1-12-9(7-3-2-4-7)5-8(6-10)11-12/h5,7H,2-4,6,10H2,1H3. The predicted molar refractivity (Wildman–Crippen MR) is 47.7 cm³/mol. The van der Waals surface area contributed by atoms with Gasteiger partial charge in [-0.05, 0) is 18.9 Å². The third kappa shape index (κ3) is 1.14. The van der Waals surface area contributed by atoms with Gasteiger partial charge in [-0.2, -0.15) is 5.10 Å². The molecular weight excluding hydrogens is 150 g/mol. The molecular formula is C9H15N3. The maximum atomic E-state index is 5.52. The summed E-state index contributed by atoms with van der Waals surface area (Å²) in [4.78, 5) is 0. The quantitative estimate of drug-likeness (QED) is 0.714. The number of hydrogen-bond acceptors (Lipinski definition) is 2. The van der Waals surface area contributed by atoms with Crippen LogP contribution in [0.3, 0.4) is 0 Å². The highest BCUT2D eigenvalue weighted by molar-refractivity contribution is 5.16. The fourth-order valence-corrected chi connectivity index (χ4v) is 1.73. The molecule has 3 nitrogen and oxygen atoms in total. The van der Waals surface area contributed by atoms with Gasteiger partial charge >= 0.3 is 0 Å². The minimum absolute atomic E-state index is 0.556. The maximum absolute atomic E-state index is 5.52. The molecule has 66 valence electrons. The second-order valence-electron chi connectivity index (χ2n) is 3.52. The number of nitrogens with zero attached hydrogens (tertiary/aromatic N) is 2. The van der Waals surface area contributed by atoms with Crippen molar-refractivity contribution in [1.29, 1.82) is 0 Å². The lowest BCUT2D eigenvalue weighted by Gasteiger charge is -2.25. The minimum Gasteiger partial charge on any atom is -0.325 e. The molecule has 0 amide bonds. The van der Waals surface area contributed by atoms with Crippen LogP contribution in [0.1, 0.15) is 36.6 Å². The van der Waals surface area contributed by atoms with E-state index in [1.54, 1.807) is 0 Å². The molecule has 1 fully saturated rings. The lowest BCUT2D eigenvalue weighted by Crippen LogP contribution is -2.12. The predicted octanol–water partition coefficient (Wildman–Crippen LogP) is 1.15. The average molecular weight is 165 g/mol. The van der Waals surface area contributed by atoms with Crippen molar-refractivity contribution in [2.45, 2.75) is 31.7 Å². The first-order valence-corrected chi connectivity index (χ1v) is 4.54. The Labute approximate surface area is 72.6 Å². The summed E-state index contributed by atoms with van der Waals surface area (Å²) in [6.07, 6.45) is 4.01. The van der Waals surface area contributed by atoms with E-state index in [1.807, 2.05) is 11.7 Å². The van der Waals surface area contributed by atoms with Gasteiger partial charge in [-0.15, -0.1) is 0 Å². The smallest absolute Gasteiger partial charge is 0.0763 e. The van der Waals surface area contributed by atoms with Crippen LogP contribution in [0, 0.1) is 0 Å². The van der Waals surface area contributed by atoms with E-state index in [0.29, 0.717) is 6.54 Å². The molecule has 0 atom stereocenters. The summed E-state index contributed by atoms with van der Waals surface area (Å²) in [5, 5.41) is 4.32. The summed E-state index contributed by atoms with van der Waals surface area (Å²) < 4.78 is 1.98. The van der Waals surface area contributed by atoms with Crippen molar-refractivity contribution >= 4 is 0 Å². The van der Waals surface area contributed by atoms with Gasteiger partial charge < -0.3 is 5.73 Å². The van der Waals surface area contributed by atoms with Gasteiger partial charge in [0, 0.05) is 25.2 Å². The summed E-state index contributed by atoms with van der Waals surface area (Å²) in [6, 6.07) is 2.14. The molecule has 1 aromatic rings. The SMILES string of the molecule is Cn1nc(CN)cc1C1CCC1. The van der Waals surface area contributed by atoms with Crippen molar-refractivity contribution in [3.63, 3.8) is 0 Å². The summed E-state index contributed by atoms with van der Waals surface area (Å²) in [7, 11) is 2.01. The zero-order valence-electron chi connectivity index (χ0n) is 7.45. The van der Waals surface area contributed by atoms with E-state index in [0.717, 1.165) is 11.6 Å². The molecule has 1 aliphatic rings. The van der Waals surface area contributed by atoms with Gasteiger partial charge in [-0.3, -0.25) is 4.68 Å². The van der Waals surface area contributed by atoms with E-state index in [1.165, 1.54) is 25.0 Å². The maximum Gasteiger partial charge on any atom is 0.0763 e. The van der Waals surface area contributed by atoms with E-state index in [9.17, 15) is 0 Å². The summed E-state index contributed by atoms with van der Waals surface area (Å²) >= 11 is 0. The van der Waals surface area contributed by atoms with Crippen molar-refractivity contribution in [3.05, 3.63) is 17.5 Å². The molecule has 0 aromatic carbocycles. The monoisotopic (exact) mass is 165 g/mol. The molecule has 0 saturated heterocycles. The number of aromatic nitrogens is 2. The van der Waals surface area contributed by atoms with E-state index in [4.69, 9.17) is 5.73 Å². The number of hydrogen-bond donors (Lipinski definition) is 1. The van der Waals surface area contributed by atoms with Crippen LogP contribution in [0.4, 0.5) is 0 Å². The lowest BCUT2D eigenvalue weighted by atomic mass is 9.83. The van der Waals surface area contributed by atoms with Crippen molar-refractivity contribution in [3.8, 4) is 0 Å². The highest BCUT2D eigenvalue weighted by Crippen LogP contribution is 2.36. The Morgan fingerprint density at radius 2 is 2.42 bits per heavy atom. The fraction of sp³-hybridized carbons (Fsp3) is 0.667. The van der Waals surface area contributed by atoms with Crippen molar-refractivity contribution in [2.75, 3.05) is 0 Å². The fourth-order valence-electron chi connectivity index (χ4n) is 1.73. The lowest BCUT2D eigenvalue weighted by molar-refractivity contribution is 0.397. The highest BCUT2D eigenvalue weighted by Gasteiger charge is 2.22. The average Bonchev–Trinajstić information content (AvgIpc) is 2.29. The summed E-state index contributed by atoms with van der Waals surface area (Å²) in [6.45, 7) is 0.556. The molecule has 0 unspecified atom stereocenters. The van der Waals surface area contributed by atoms with Crippen LogP contribution in [0.5, 0.6) is 0 Å². The van der Waals surface area contributed by atoms with E-state index in [-0.39, 0.29) is 0 Å². The van der Waals surface area contributed by atoms with Gasteiger partial charge in [0.1, 0.15) is 0 Å². The Balaban J connectivity index is 2.23. The van der Waals surface area contributed by atoms with Gasteiger partial charge in [0.2, 0.25) is 0 Å².